The van der Waals surface area contributed by atoms with Crippen LogP contribution < -0.4 is 0 Å². The van der Waals surface area contributed by atoms with E-state index in [4.69, 9.17) is 0 Å². The van der Waals surface area contributed by atoms with Crippen LogP contribution in [0.4, 0.5) is 0 Å². The van der Waals surface area contributed by atoms with Gasteiger partial charge in [0.15, 0.2) is 0 Å². The van der Waals surface area contributed by atoms with Crippen molar-refractivity contribution < 1.29 is 0 Å². The molecule has 0 nitrogen and oxygen atoms in total. The number of alkyl halides is 1. The van der Waals surface area contributed by atoms with Gasteiger partial charge in [-0.3, -0.25) is 0 Å². The van der Waals surface area contributed by atoms with E-state index in [2.05, 4.69) is 29.5 Å². The summed E-state index contributed by atoms with van der Waals surface area (Å²) in [5.74, 6) is 1.04. The zero-order chi connectivity index (χ0) is 3.86. The predicted molar refractivity (Wildman–Crippen MR) is 31.6 cm³/mol. The van der Waals surface area contributed by atoms with Gasteiger partial charge in [0.1, 0.15) is 0 Å². The maximum Gasteiger partial charge on any atom is 0.0138 e. The molecule has 1 heteroatoms. The lowest BCUT2D eigenvalue weighted by molar-refractivity contribution is 0.994. The first kappa shape index (κ1) is 3.90. The highest BCUT2D eigenvalue weighted by atomic mass is 127. The summed E-state index contributed by atoms with van der Waals surface area (Å²) in [6, 6.07) is 0. The van der Waals surface area contributed by atoms with Gasteiger partial charge in [0.25, 0.3) is 0 Å². The SMILES string of the molecule is C[C@H]1C[C@@H]1I. The fourth-order valence-electron chi connectivity index (χ4n) is 0.277. The minimum Gasteiger partial charge on any atom is -0.0823 e. The Morgan fingerprint density at radius 3 is 2.00 bits per heavy atom. The molecule has 0 N–H and O–H groups in total. The molecule has 2 atom stereocenters. The third-order valence-electron chi connectivity index (χ3n) is 1.01. The first-order chi connectivity index (χ1) is 2.30. The number of halogens is 1. The molecule has 0 aliphatic heterocycles. The molecule has 1 rings (SSSR count). The van der Waals surface area contributed by atoms with Crippen molar-refractivity contribution in [3.05, 3.63) is 0 Å². The highest BCUT2D eigenvalue weighted by molar-refractivity contribution is 14.1. The number of hydrogen-bond donors (Lipinski definition) is 0. The van der Waals surface area contributed by atoms with Crippen molar-refractivity contribution in [2.75, 3.05) is 0 Å². The molecule has 0 aromatic carbocycles. The second-order valence-corrected chi connectivity index (χ2v) is 3.33. The molecule has 0 spiro atoms. The van der Waals surface area contributed by atoms with Gasteiger partial charge in [-0.2, -0.15) is 0 Å². The molecule has 1 saturated carbocycles. The van der Waals surface area contributed by atoms with Crippen LogP contribution in [0, 0.1) is 5.92 Å². The standard InChI is InChI=1S/C4H7I/c1-3-2-4(3)5/h3-4H,2H2,1H3/t3-,4-/m0/s1. The number of hydrogen-bond acceptors (Lipinski definition) is 0. The maximum absolute atomic E-state index is 2.48. The second-order valence-electron chi connectivity index (χ2n) is 1.73. The molecule has 0 unspecified atom stereocenters. The minimum absolute atomic E-state index is 1.02. The molecule has 5 heavy (non-hydrogen) atoms. The van der Waals surface area contributed by atoms with Crippen LogP contribution in [-0.2, 0) is 0 Å². The molecular weight excluding hydrogens is 175 g/mol. The summed E-state index contributed by atoms with van der Waals surface area (Å²) in [7, 11) is 0. The third kappa shape index (κ3) is 0.778. The van der Waals surface area contributed by atoms with E-state index in [0.717, 1.165) is 9.84 Å². The van der Waals surface area contributed by atoms with Crippen molar-refractivity contribution >= 4 is 22.6 Å². The van der Waals surface area contributed by atoms with E-state index < -0.39 is 0 Å². The number of rotatable bonds is 0. The van der Waals surface area contributed by atoms with E-state index in [1.165, 1.54) is 6.42 Å². The average molecular weight is 182 g/mol. The fraction of sp³-hybridized carbons (Fsp3) is 1.00. The summed E-state index contributed by atoms with van der Waals surface area (Å²) in [6.07, 6.45) is 1.46. The van der Waals surface area contributed by atoms with Crippen molar-refractivity contribution in [3.8, 4) is 0 Å². The van der Waals surface area contributed by atoms with Crippen molar-refractivity contribution in [2.45, 2.75) is 17.3 Å². The lowest BCUT2D eigenvalue weighted by atomic mass is 10.5. The van der Waals surface area contributed by atoms with Gasteiger partial charge in [-0.25, -0.2) is 0 Å². The van der Waals surface area contributed by atoms with Crippen LogP contribution in [0.15, 0.2) is 0 Å². The van der Waals surface area contributed by atoms with Crippen LogP contribution in [0.2, 0.25) is 0 Å². The quantitative estimate of drug-likeness (QED) is 0.396. The van der Waals surface area contributed by atoms with Crippen LogP contribution in [0.1, 0.15) is 13.3 Å². The first-order valence-corrected chi connectivity index (χ1v) is 3.19. The lowest BCUT2D eigenvalue weighted by Gasteiger charge is -1.64. The van der Waals surface area contributed by atoms with Crippen molar-refractivity contribution in [3.63, 3.8) is 0 Å². The Balaban J connectivity index is 2.20. The molecule has 0 aromatic rings. The summed E-state index contributed by atoms with van der Waals surface area (Å²) >= 11 is 2.48. The Morgan fingerprint density at radius 2 is 2.00 bits per heavy atom. The Bertz CT molecular complexity index is 36.9. The molecule has 0 bridgehead atoms. The molecule has 0 heterocycles. The van der Waals surface area contributed by atoms with Gasteiger partial charge in [-0.15, -0.1) is 0 Å². The van der Waals surface area contributed by atoms with Crippen molar-refractivity contribution in [1.82, 2.24) is 0 Å². The normalized spacial score (nSPS) is 49.2. The summed E-state index contributed by atoms with van der Waals surface area (Å²) in [4.78, 5) is 0. The Morgan fingerprint density at radius 1 is 1.80 bits per heavy atom. The van der Waals surface area contributed by atoms with Crippen LogP contribution in [0.3, 0.4) is 0 Å². The van der Waals surface area contributed by atoms with E-state index in [-0.39, 0.29) is 0 Å². The maximum atomic E-state index is 2.48. The van der Waals surface area contributed by atoms with Crippen LogP contribution >= 0.6 is 22.6 Å². The Labute approximate surface area is 46.1 Å². The molecule has 1 fully saturated rings. The smallest absolute Gasteiger partial charge is 0.0138 e. The molecule has 0 aromatic heterocycles. The third-order valence-corrected chi connectivity index (χ3v) is 2.75. The van der Waals surface area contributed by atoms with Gasteiger partial charge in [-0.1, -0.05) is 29.5 Å². The van der Waals surface area contributed by atoms with Crippen molar-refractivity contribution in [2.24, 2.45) is 5.92 Å². The Hall–Kier alpha value is 0.730. The largest absolute Gasteiger partial charge is 0.0823 e. The van der Waals surface area contributed by atoms with Gasteiger partial charge in [0, 0.05) is 3.92 Å². The van der Waals surface area contributed by atoms with Gasteiger partial charge < -0.3 is 0 Å². The monoisotopic (exact) mass is 182 g/mol. The second kappa shape index (κ2) is 1.10. The molecule has 30 valence electrons. The Kier molecular flexibility index (Phi) is 0.860. The van der Waals surface area contributed by atoms with Crippen LogP contribution in [0.5, 0.6) is 0 Å². The van der Waals surface area contributed by atoms with Gasteiger partial charge >= 0.3 is 0 Å². The van der Waals surface area contributed by atoms with E-state index in [1.807, 2.05) is 0 Å². The van der Waals surface area contributed by atoms with Crippen LogP contribution in [-0.4, -0.2) is 3.92 Å². The predicted octanol–water partition coefficient (Wildman–Crippen LogP) is 1.83. The summed E-state index contributed by atoms with van der Waals surface area (Å²) in [5.41, 5.74) is 0. The molecule has 0 amide bonds. The van der Waals surface area contributed by atoms with E-state index in [0.29, 0.717) is 0 Å². The fourth-order valence-corrected chi connectivity index (χ4v) is 1.08. The molecular formula is C4H7I. The van der Waals surface area contributed by atoms with E-state index in [9.17, 15) is 0 Å². The van der Waals surface area contributed by atoms with Crippen molar-refractivity contribution in [1.29, 1.82) is 0 Å². The molecule has 0 saturated heterocycles. The topological polar surface area (TPSA) is 0 Å². The molecule has 0 radical (unpaired) electrons. The van der Waals surface area contributed by atoms with Gasteiger partial charge in [0.05, 0.1) is 0 Å². The van der Waals surface area contributed by atoms with Crippen LogP contribution in [0.25, 0.3) is 0 Å². The highest BCUT2D eigenvalue weighted by Crippen LogP contribution is 2.36. The molecule has 1 aliphatic rings. The minimum atomic E-state index is 1.02. The zero-order valence-corrected chi connectivity index (χ0v) is 5.40. The zero-order valence-electron chi connectivity index (χ0n) is 3.24. The lowest BCUT2D eigenvalue weighted by Crippen LogP contribution is -1.59. The van der Waals surface area contributed by atoms with E-state index >= 15 is 0 Å². The molecule has 1 aliphatic carbocycles. The summed E-state index contributed by atoms with van der Waals surface area (Å²) in [5, 5.41) is 0. The van der Waals surface area contributed by atoms with Gasteiger partial charge in [0.2, 0.25) is 0 Å². The summed E-state index contributed by atoms with van der Waals surface area (Å²) < 4.78 is 1.02. The highest BCUT2D eigenvalue weighted by Gasteiger charge is 2.28. The first-order valence-electron chi connectivity index (χ1n) is 1.95. The summed E-state index contributed by atoms with van der Waals surface area (Å²) in [6.45, 7) is 2.29. The van der Waals surface area contributed by atoms with E-state index in [1.54, 1.807) is 0 Å². The van der Waals surface area contributed by atoms with Gasteiger partial charge in [-0.05, 0) is 12.3 Å². The average Bonchev–Trinajstić information content (AvgIpc) is 1.79.